The highest BCUT2D eigenvalue weighted by Gasteiger charge is 2.33. The SMILES string of the molecule is Cc1ccc(C(=O)COC(=O)C2c3ccccc3Oc3ccccc32)cc1C. The van der Waals surface area contributed by atoms with Crippen molar-refractivity contribution in [1.82, 2.24) is 0 Å². The second-order valence-corrected chi connectivity index (χ2v) is 6.94. The fourth-order valence-corrected chi connectivity index (χ4v) is 3.38. The molecule has 0 saturated heterocycles. The number of benzene rings is 3. The van der Waals surface area contributed by atoms with E-state index in [0.29, 0.717) is 17.1 Å². The van der Waals surface area contributed by atoms with Gasteiger partial charge in [-0.2, -0.15) is 0 Å². The summed E-state index contributed by atoms with van der Waals surface area (Å²) in [6, 6.07) is 20.3. The van der Waals surface area contributed by atoms with Gasteiger partial charge in [0.25, 0.3) is 0 Å². The minimum Gasteiger partial charge on any atom is -0.457 e. The second kappa shape index (κ2) is 7.31. The van der Waals surface area contributed by atoms with Gasteiger partial charge in [0.2, 0.25) is 0 Å². The van der Waals surface area contributed by atoms with Crippen molar-refractivity contribution < 1.29 is 19.1 Å². The molecule has 0 atom stereocenters. The van der Waals surface area contributed by atoms with Crippen molar-refractivity contribution in [2.24, 2.45) is 0 Å². The molecule has 3 aromatic rings. The predicted octanol–water partition coefficient (Wildman–Crippen LogP) is 4.97. The van der Waals surface area contributed by atoms with E-state index < -0.39 is 11.9 Å². The van der Waals surface area contributed by atoms with Gasteiger partial charge in [-0.3, -0.25) is 9.59 Å². The van der Waals surface area contributed by atoms with Gasteiger partial charge in [0, 0.05) is 16.7 Å². The first-order valence-electron chi connectivity index (χ1n) is 9.17. The first-order valence-corrected chi connectivity index (χ1v) is 9.17. The molecule has 4 nitrogen and oxygen atoms in total. The van der Waals surface area contributed by atoms with Gasteiger partial charge in [0.15, 0.2) is 12.4 Å². The monoisotopic (exact) mass is 372 g/mol. The molecule has 1 aliphatic rings. The Kier molecular flexibility index (Phi) is 4.70. The van der Waals surface area contributed by atoms with Crippen molar-refractivity contribution >= 4 is 11.8 Å². The maximum Gasteiger partial charge on any atom is 0.318 e. The van der Waals surface area contributed by atoms with Gasteiger partial charge in [-0.25, -0.2) is 0 Å². The fraction of sp³-hybridized carbons (Fsp3) is 0.167. The van der Waals surface area contributed by atoms with Gasteiger partial charge in [0.1, 0.15) is 17.4 Å². The number of para-hydroxylation sites is 2. The van der Waals surface area contributed by atoms with Gasteiger partial charge >= 0.3 is 5.97 Å². The first-order chi connectivity index (χ1) is 13.5. The molecular formula is C24H20O4. The third-order valence-corrected chi connectivity index (χ3v) is 5.09. The molecule has 0 aromatic heterocycles. The highest BCUT2D eigenvalue weighted by Crippen LogP contribution is 2.44. The van der Waals surface area contributed by atoms with Crippen LogP contribution < -0.4 is 4.74 Å². The Balaban J connectivity index is 1.57. The van der Waals surface area contributed by atoms with E-state index in [2.05, 4.69) is 0 Å². The van der Waals surface area contributed by atoms with E-state index in [-0.39, 0.29) is 12.4 Å². The lowest BCUT2D eigenvalue weighted by Gasteiger charge is -2.26. The van der Waals surface area contributed by atoms with Crippen LogP contribution in [0.1, 0.15) is 38.5 Å². The van der Waals surface area contributed by atoms with Gasteiger partial charge in [-0.15, -0.1) is 0 Å². The molecule has 1 heterocycles. The van der Waals surface area contributed by atoms with Crippen molar-refractivity contribution in [2.45, 2.75) is 19.8 Å². The third-order valence-electron chi connectivity index (χ3n) is 5.09. The summed E-state index contributed by atoms with van der Waals surface area (Å²) >= 11 is 0. The maximum absolute atomic E-state index is 13.0. The Morgan fingerprint density at radius 3 is 2.07 bits per heavy atom. The molecule has 0 unspecified atom stereocenters. The van der Waals surface area contributed by atoms with E-state index in [1.807, 2.05) is 74.5 Å². The second-order valence-electron chi connectivity index (χ2n) is 6.94. The van der Waals surface area contributed by atoms with Crippen LogP contribution in [0.5, 0.6) is 11.5 Å². The summed E-state index contributed by atoms with van der Waals surface area (Å²) in [6.07, 6.45) is 0. The van der Waals surface area contributed by atoms with Crippen molar-refractivity contribution in [3.63, 3.8) is 0 Å². The summed E-state index contributed by atoms with van der Waals surface area (Å²) in [6.45, 7) is 3.65. The largest absolute Gasteiger partial charge is 0.457 e. The van der Waals surface area contributed by atoms with Gasteiger partial charge in [0.05, 0.1) is 0 Å². The van der Waals surface area contributed by atoms with Crippen LogP contribution in [0, 0.1) is 13.8 Å². The minimum atomic E-state index is -0.617. The van der Waals surface area contributed by atoms with Crippen molar-refractivity contribution in [2.75, 3.05) is 6.61 Å². The Morgan fingerprint density at radius 1 is 0.857 bits per heavy atom. The number of ketones is 1. The molecule has 0 N–H and O–H groups in total. The van der Waals surface area contributed by atoms with E-state index in [1.54, 1.807) is 6.07 Å². The highest BCUT2D eigenvalue weighted by molar-refractivity contribution is 5.98. The molecule has 0 aliphatic carbocycles. The number of hydrogen-bond acceptors (Lipinski definition) is 4. The molecule has 0 amide bonds. The van der Waals surface area contributed by atoms with Gasteiger partial charge in [-0.05, 0) is 43.2 Å². The minimum absolute atomic E-state index is 0.218. The summed E-state index contributed by atoms with van der Waals surface area (Å²) in [5.41, 5.74) is 4.17. The summed E-state index contributed by atoms with van der Waals surface area (Å²) in [5.74, 6) is -0.0357. The van der Waals surface area contributed by atoms with Crippen molar-refractivity contribution in [1.29, 1.82) is 0 Å². The average Bonchev–Trinajstić information content (AvgIpc) is 2.71. The lowest BCUT2D eigenvalue weighted by molar-refractivity contribution is -0.143. The number of Topliss-reactive ketones (excluding diaryl/α,β-unsaturated/α-hetero) is 1. The van der Waals surface area contributed by atoms with Crippen molar-refractivity contribution in [3.05, 3.63) is 94.5 Å². The van der Waals surface area contributed by atoms with Crippen LogP contribution in [0.15, 0.2) is 66.7 Å². The Bertz CT molecular complexity index is 1020. The average molecular weight is 372 g/mol. The van der Waals surface area contributed by atoms with Crippen LogP contribution in [0.3, 0.4) is 0 Å². The molecule has 28 heavy (non-hydrogen) atoms. The number of fused-ring (bicyclic) bond motifs is 2. The van der Waals surface area contributed by atoms with E-state index >= 15 is 0 Å². The van der Waals surface area contributed by atoms with E-state index in [1.165, 1.54) is 0 Å². The van der Waals surface area contributed by atoms with Crippen LogP contribution in [0.2, 0.25) is 0 Å². The summed E-state index contributed by atoms with van der Waals surface area (Å²) in [7, 11) is 0. The number of carbonyl (C=O) groups is 2. The van der Waals surface area contributed by atoms with Crippen molar-refractivity contribution in [3.8, 4) is 11.5 Å². The summed E-state index contributed by atoms with van der Waals surface area (Å²) in [5, 5.41) is 0. The topological polar surface area (TPSA) is 52.6 Å². The zero-order chi connectivity index (χ0) is 19.7. The van der Waals surface area contributed by atoms with Gasteiger partial charge in [-0.1, -0.05) is 48.5 Å². The highest BCUT2D eigenvalue weighted by atomic mass is 16.5. The van der Waals surface area contributed by atoms with E-state index in [9.17, 15) is 9.59 Å². The smallest absolute Gasteiger partial charge is 0.318 e. The molecule has 140 valence electrons. The number of ether oxygens (including phenoxy) is 2. The predicted molar refractivity (Wildman–Crippen MR) is 106 cm³/mol. The molecule has 0 bridgehead atoms. The summed E-state index contributed by atoms with van der Waals surface area (Å²) in [4.78, 5) is 25.4. The standard InChI is InChI=1S/C24H20O4/c1-15-11-12-17(13-16(15)2)20(25)14-27-24(26)23-18-7-3-5-9-21(18)28-22-10-6-4-8-19(22)23/h3-13,23H,14H2,1-2H3. The number of rotatable bonds is 4. The Labute approximate surface area is 163 Å². The summed E-state index contributed by atoms with van der Waals surface area (Å²) < 4.78 is 11.3. The molecular weight excluding hydrogens is 352 g/mol. The zero-order valence-corrected chi connectivity index (χ0v) is 15.8. The number of esters is 1. The molecule has 4 rings (SSSR count). The molecule has 0 radical (unpaired) electrons. The molecule has 4 heteroatoms. The first kappa shape index (κ1) is 18.0. The van der Waals surface area contributed by atoms with Gasteiger partial charge < -0.3 is 9.47 Å². The normalized spacial score (nSPS) is 12.5. The molecule has 0 fully saturated rings. The molecule has 0 spiro atoms. The maximum atomic E-state index is 13.0. The van der Waals surface area contributed by atoms with Crippen LogP contribution in [0.25, 0.3) is 0 Å². The fourth-order valence-electron chi connectivity index (χ4n) is 3.38. The number of hydrogen-bond donors (Lipinski definition) is 0. The lowest BCUT2D eigenvalue weighted by atomic mass is 9.88. The number of aryl methyl sites for hydroxylation is 2. The third kappa shape index (κ3) is 3.29. The lowest BCUT2D eigenvalue weighted by Crippen LogP contribution is -2.23. The Hall–Kier alpha value is -3.40. The number of carbonyl (C=O) groups excluding carboxylic acids is 2. The van der Waals surface area contributed by atoms with Crippen LogP contribution in [-0.4, -0.2) is 18.4 Å². The van der Waals surface area contributed by atoms with Crippen LogP contribution in [-0.2, 0) is 9.53 Å². The van der Waals surface area contributed by atoms with E-state index in [4.69, 9.17) is 9.47 Å². The molecule has 1 aliphatic heterocycles. The zero-order valence-electron chi connectivity index (χ0n) is 15.8. The van der Waals surface area contributed by atoms with E-state index in [0.717, 1.165) is 22.3 Å². The van der Waals surface area contributed by atoms with Crippen LogP contribution in [0.4, 0.5) is 0 Å². The molecule has 3 aromatic carbocycles. The Morgan fingerprint density at radius 2 is 1.46 bits per heavy atom. The molecule has 0 saturated carbocycles. The van der Waals surface area contributed by atoms with Crippen LogP contribution >= 0.6 is 0 Å². The quantitative estimate of drug-likeness (QED) is 0.479.